The third-order valence-electron chi connectivity index (χ3n) is 5.22. The summed E-state index contributed by atoms with van der Waals surface area (Å²) in [7, 11) is 0. The number of aryl methyl sites for hydroxylation is 5. The second-order valence-electron chi connectivity index (χ2n) is 9.70. The Labute approximate surface area is 197 Å². The van der Waals surface area contributed by atoms with Crippen molar-refractivity contribution in [1.82, 2.24) is 0 Å². The van der Waals surface area contributed by atoms with Crippen LogP contribution in [0.5, 0.6) is 0 Å². The van der Waals surface area contributed by atoms with Gasteiger partial charge in [0.1, 0.15) is 0 Å². The largest absolute Gasteiger partial charge is 0.0602 e. The monoisotopic (exact) mass is 407 g/mol. The first-order valence-electron chi connectivity index (χ1n) is 15.1. The van der Waals surface area contributed by atoms with Crippen LogP contribution in [-0.2, 0) is 19.3 Å². The Morgan fingerprint density at radius 1 is 0.567 bits per heavy atom. The van der Waals surface area contributed by atoms with Crippen LogP contribution in [0.2, 0.25) is 0 Å². The molecule has 0 fully saturated rings. The van der Waals surface area contributed by atoms with Crippen LogP contribution in [0.3, 0.4) is 0 Å². The zero-order valence-electron chi connectivity index (χ0n) is 27.5. The highest BCUT2D eigenvalue weighted by molar-refractivity contribution is 5.39. The highest BCUT2D eigenvalue weighted by atomic mass is 14.2. The van der Waals surface area contributed by atoms with Gasteiger partial charge in [-0.2, -0.15) is 0 Å². The summed E-state index contributed by atoms with van der Waals surface area (Å²) in [6.07, 6.45) is 2.43. The summed E-state index contributed by atoms with van der Waals surface area (Å²) in [5, 5.41) is 0. The van der Waals surface area contributed by atoms with Crippen molar-refractivity contribution in [1.29, 1.82) is 0 Å². The summed E-state index contributed by atoms with van der Waals surface area (Å²) in [4.78, 5) is 0. The summed E-state index contributed by atoms with van der Waals surface area (Å²) < 4.78 is 71.3. The predicted octanol–water partition coefficient (Wildman–Crippen LogP) is 8.08. The van der Waals surface area contributed by atoms with Crippen molar-refractivity contribution in [2.75, 3.05) is 0 Å². The molecule has 0 heteroatoms. The van der Waals surface area contributed by atoms with Crippen LogP contribution in [0.4, 0.5) is 0 Å². The van der Waals surface area contributed by atoms with Crippen LogP contribution >= 0.6 is 0 Å². The lowest BCUT2D eigenvalue weighted by atomic mass is 9.87. The number of hydrogen-bond acceptors (Lipinski definition) is 0. The Kier molecular flexibility index (Phi) is 4.04. The summed E-state index contributed by atoms with van der Waals surface area (Å²) >= 11 is 0. The third kappa shape index (κ3) is 6.87. The highest BCUT2D eigenvalue weighted by Gasteiger charge is 2.11. The standard InChI is InChI=1S/C30H38/c1-21-10-22(2)13-26(12-21)18-28-15-24(4)16-29(20-28)19-27-14-23(3)11-25(17-27)8-9-30(5,6)7/h10-17,20H,8-9,18-19H2,1-7H3/i1D3,3D3,4D3. The molecule has 0 N–H and O–H groups in total. The van der Waals surface area contributed by atoms with E-state index < -0.39 is 20.6 Å². The molecule has 0 bridgehead atoms. The fourth-order valence-electron chi connectivity index (χ4n) is 3.93. The van der Waals surface area contributed by atoms with Gasteiger partial charge in [-0.05, 0) is 86.4 Å². The molecular weight excluding hydrogens is 360 g/mol. The molecular formula is C30H38. The lowest BCUT2D eigenvalue weighted by Gasteiger charge is -2.18. The molecule has 3 rings (SSSR count). The normalized spacial score (nSPS) is 17.4. The van der Waals surface area contributed by atoms with E-state index >= 15 is 0 Å². The highest BCUT2D eigenvalue weighted by Crippen LogP contribution is 2.24. The first kappa shape index (κ1) is 13.2. The summed E-state index contributed by atoms with van der Waals surface area (Å²) in [6.45, 7) is 1.50. The fraction of sp³-hybridized carbons (Fsp3) is 0.400. The Morgan fingerprint density at radius 2 is 0.967 bits per heavy atom. The van der Waals surface area contributed by atoms with Crippen molar-refractivity contribution < 1.29 is 12.3 Å². The molecule has 0 radical (unpaired) electrons. The average Bonchev–Trinajstić information content (AvgIpc) is 2.75. The minimum Gasteiger partial charge on any atom is -0.0602 e. The van der Waals surface area contributed by atoms with E-state index in [1.807, 2.05) is 25.1 Å². The minimum atomic E-state index is -2.32. The van der Waals surface area contributed by atoms with Gasteiger partial charge in [0.25, 0.3) is 0 Å². The van der Waals surface area contributed by atoms with E-state index in [-0.39, 0.29) is 22.1 Å². The van der Waals surface area contributed by atoms with Gasteiger partial charge in [0.2, 0.25) is 0 Å². The van der Waals surface area contributed by atoms with Crippen molar-refractivity contribution >= 4 is 0 Å². The molecule has 0 nitrogen and oxygen atoms in total. The van der Waals surface area contributed by atoms with Crippen molar-refractivity contribution in [3.63, 3.8) is 0 Å². The van der Waals surface area contributed by atoms with Crippen LogP contribution < -0.4 is 0 Å². The maximum absolute atomic E-state index is 8.02. The van der Waals surface area contributed by atoms with Crippen molar-refractivity contribution in [2.45, 2.75) is 73.9 Å². The van der Waals surface area contributed by atoms with Crippen LogP contribution in [0.25, 0.3) is 0 Å². The molecule has 0 amide bonds. The molecule has 0 aliphatic heterocycles. The van der Waals surface area contributed by atoms with E-state index in [1.54, 1.807) is 36.4 Å². The lowest BCUT2D eigenvalue weighted by Crippen LogP contribution is -2.06. The van der Waals surface area contributed by atoms with E-state index in [0.717, 1.165) is 46.2 Å². The average molecular weight is 408 g/mol. The SMILES string of the molecule is [2H]C([2H])([2H])c1cc(C)cc(Cc2cc(Cc3cc(CCC(C)(C)C)cc(C([2H])([2H])[2H])c3)cc(C([2H])([2H])[2H])c2)c1. The van der Waals surface area contributed by atoms with Gasteiger partial charge in [0.05, 0.1) is 0 Å². The molecule has 0 saturated heterocycles. The van der Waals surface area contributed by atoms with Gasteiger partial charge >= 0.3 is 0 Å². The number of hydrogen-bond donors (Lipinski definition) is 0. The molecule has 0 aliphatic carbocycles. The molecule has 0 atom stereocenters. The number of benzene rings is 3. The van der Waals surface area contributed by atoms with Gasteiger partial charge in [0.15, 0.2) is 0 Å². The van der Waals surface area contributed by atoms with Crippen LogP contribution in [0, 0.1) is 32.9 Å². The minimum absolute atomic E-state index is 0.105. The lowest BCUT2D eigenvalue weighted by molar-refractivity contribution is 0.378. The van der Waals surface area contributed by atoms with Crippen LogP contribution in [0.1, 0.15) is 89.6 Å². The van der Waals surface area contributed by atoms with Crippen LogP contribution in [-0.4, -0.2) is 0 Å². The van der Waals surface area contributed by atoms with Gasteiger partial charge in [-0.25, -0.2) is 0 Å². The second-order valence-corrected chi connectivity index (χ2v) is 9.70. The van der Waals surface area contributed by atoms with Crippen LogP contribution in [0.15, 0.2) is 54.6 Å². The summed E-state index contributed by atoms with van der Waals surface area (Å²) in [6, 6.07) is 15.9. The van der Waals surface area contributed by atoms with Crippen molar-refractivity contribution in [2.24, 2.45) is 5.41 Å². The van der Waals surface area contributed by atoms with Crippen molar-refractivity contribution in [3.8, 4) is 0 Å². The maximum atomic E-state index is 8.02. The van der Waals surface area contributed by atoms with Gasteiger partial charge in [-0.15, -0.1) is 0 Å². The van der Waals surface area contributed by atoms with Gasteiger partial charge in [-0.3, -0.25) is 0 Å². The van der Waals surface area contributed by atoms with Gasteiger partial charge in [-0.1, -0.05) is 97.6 Å². The summed E-state index contributed by atoms with van der Waals surface area (Å²) in [5.74, 6) is 0. The fourth-order valence-corrected chi connectivity index (χ4v) is 3.93. The molecule has 0 aromatic heterocycles. The zero-order chi connectivity index (χ0) is 29.4. The van der Waals surface area contributed by atoms with E-state index in [0.29, 0.717) is 12.8 Å². The maximum Gasteiger partial charge on any atom is 0.0280 e. The molecule has 0 aliphatic rings. The molecule has 0 heterocycles. The first-order valence-corrected chi connectivity index (χ1v) is 10.6. The molecule has 3 aromatic rings. The smallest absolute Gasteiger partial charge is 0.0280 e. The number of rotatable bonds is 6. The third-order valence-corrected chi connectivity index (χ3v) is 5.22. The predicted molar refractivity (Wildman–Crippen MR) is 132 cm³/mol. The van der Waals surface area contributed by atoms with E-state index in [9.17, 15) is 0 Å². The van der Waals surface area contributed by atoms with E-state index in [2.05, 4.69) is 20.8 Å². The van der Waals surface area contributed by atoms with E-state index in [1.165, 1.54) is 0 Å². The quantitative estimate of drug-likeness (QED) is 0.387. The molecule has 0 saturated carbocycles. The molecule has 3 aromatic carbocycles. The Morgan fingerprint density at radius 3 is 1.47 bits per heavy atom. The van der Waals surface area contributed by atoms with Gasteiger partial charge < -0.3 is 0 Å². The Hall–Kier alpha value is -2.34. The topological polar surface area (TPSA) is 0 Å². The van der Waals surface area contributed by atoms with E-state index in [4.69, 9.17) is 12.3 Å². The van der Waals surface area contributed by atoms with Gasteiger partial charge in [0, 0.05) is 12.3 Å². The molecule has 0 spiro atoms. The second kappa shape index (κ2) is 9.21. The Balaban J connectivity index is 2.03. The Bertz CT molecular complexity index is 1300. The van der Waals surface area contributed by atoms with Crippen molar-refractivity contribution in [3.05, 3.63) is 105 Å². The summed E-state index contributed by atoms with van der Waals surface area (Å²) in [5.41, 5.74) is 5.79. The first-order chi connectivity index (χ1) is 17.7. The molecule has 0 unspecified atom stereocenters. The molecule has 158 valence electrons. The zero-order valence-corrected chi connectivity index (χ0v) is 18.5. The molecule has 30 heavy (non-hydrogen) atoms.